The summed E-state index contributed by atoms with van der Waals surface area (Å²) in [5.41, 5.74) is 2.03. The summed E-state index contributed by atoms with van der Waals surface area (Å²) in [4.78, 5) is 45.4. The van der Waals surface area contributed by atoms with Gasteiger partial charge in [-0.2, -0.15) is 0 Å². The van der Waals surface area contributed by atoms with Crippen LogP contribution < -0.4 is 15.4 Å². The van der Waals surface area contributed by atoms with E-state index in [2.05, 4.69) is 20.6 Å². The van der Waals surface area contributed by atoms with E-state index in [9.17, 15) is 19.5 Å². The molecule has 10 heteroatoms. The van der Waals surface area contributed by atoms with Crippen LogP contribution in [0.25, 0.3) is 11.3 Å². The van der Waals surface area contributed by atoms with Crippen LogP contribution in [0.4, 0.5) is 10.6 Å². The first-order chi connectivity index (χ1) is 18.9. The predicted molar refractivity (Wildman–Crippen MR) is 143 cm³/mol. The lowest BCUT2D eigenvalue weighted by Crippen LogP contribution is -2.44. The van der Waals surface area contributed by atoms with E-state index in [1.807, 2.05) is 36.4 Å². The predicted octanol–water partition coefficient (Wildman–Crippen LogP) is 4.72. The van der Waals surface area contributed by atoms with Gasteiger partial charge in [-0.25, -0.2) is 14.6 Å². The van der Waals surface area contributed by atoms with E-state index < -0.39 is 30.1 Å². The van der Waals surface area contributed by atoms with E-state index in [-0.39, 0.29) is 18.0 Å². The number of amides is 2. The first-order valence-corrected chi connectivity index (χ1v) is 12.1. The molecule has 0 aliphatic carbocycles. The van der Waals surface area contributed by atoms with Gasteiger partial charge >= 0.3 is 12.1 Å². The Morgan fingerprint density at radius 1 is 0.872 bits per heavy atom. The number of aliphatic carboxylic acids is 1. The highest BCUT2D eigenvalue weighted by molar-refractivity contribution is 5.97. The van der Waals surface area contributed by atoms with Crippen LogP contribution in [0.1, 0.15) is 28.9 Å². The number of para-hydroxylation sites is 1. The third kappa shape index (κ3) is 7.39. The van der Waals surface area contributed by atoms with Gasteiger partial charge in [0.2, 0.25) is 0 Å². The summed E-state index contributed by atoms with van der Waals surface area (Å²) in [7, 11) is 0. The summed E-state index contributed by atoms with van der Waals surface area (Å²) in [6.07, 6.45) is 1.74. The van der Waals surface area contributed by atoms with Gasteiger partial charge in [0.15, 0.2) is 11.9 Å². The number of carboxylic acid groups (broad SMARTS) is 1. The molecule has 0 fully saturated rings. The van der Waals surface area contributed by atoms with Crippen LogP contribution in [0.15, 0.2) is 97.3 Å². The van der Waals surface area contributed by atoms with E-state index in [0.717, 1.165) is 5.56 Å². The molecular formula is C29H26N4O6. The highest BCUT2D eigenvalue weighted by Crippen LogP contribution is 2.25. The summed E-state index contributed by atoms with van der Waals surface area (Å²) in [6, 6.07) is 23.1. The molecule has 0 radical (unpaired) electrons. The number of aromatic nitrogens is 2. The number of carboxylic acids is 1. The zero-order chi connectivity index (χ0) is 27.6. The molecule has 10 nitrogen and oxygen atoms in total. The van der Waals surface area contributed by atoms with E-state index >= 15 is 0 Å². The number of benzene rings is 3. The number of anilines is 1. The minimum atomic E-state index is -1.25. The molecule has 2 unspecified atom stereocenters. The third-order valence-corrected chi connectivity index (χ3v) is 5.66. The fourth-order valence-electron chi connectivity index (χ4n) is 3.61. The second-order valence-corrected chi connectivity index (χ2v) is 8.40. The maximum atomic E-state index is 12.7. The van der Waals surface area contributed by atoms with Crippen LogP contribution in [-0.4, -0.2) is 45.7 Å². The molecule has 4 rings (SSSR count). The first kappa shape index (κ1) is 26.8. The molecule has 198 valence electrons. The summed E-state index contributed by atoms with van der Waals surface area (Å²) in [5, 5.41) is 14.6. The molecule has 3 N–H and O–H groups in total. The van der Waals surface area contributed by atoms with Crippen molar-refractivity contribution in [3.05, 3.63) is 108 Å². The zero-order valence-electron chi connectivity index (χ0n) is 21.0. The fraction of sp³-hybridized carbons (Fsp3) is 0.138. The maximum Gasteiger partial charge on any atom is 0.413 e. The smallest absolute Gasteiger partial charge is 0.413 e. The summed E-state index contributed by atoms with van der Waals surface area (Å²) in [5.74, 6) is -1.13. The van der Waals surface area contributed by atoms with Gasteiger partial charge in [-0.1, -0.05) is 60.7 Å². The van der Waals surface area contributed by atoms with Crippen LogP contribution in [0.5, 0.6) is 5.75 Å². The van der Waals surface area contributed by atoms with Crippen molar-refractivity contribution >= 4 is 23.8 Å². The summed E-state index contributed by atoms with van der Waals surface area (Å²) in [6.45, 7) is 1.52. The van der Waals surface area contributed by atoms with Crippen molar-refractivity contribution in [1.82, 2.24) is 15.3 Å². The van der Waals surface area contributed by atoms with Gasteiger partial charge in [0.1, 0.15) is 24.2 Å². The molecule has 39 heavy (non-hydrogen) atoms. The molecule has 3 aromatic carbocycles. The molecule has 0 saturated carbocycles. The highest BCUT2D eigenvalue weighted by Gasteiger charge is 2.22. The monoisotopic (exact) mass is 526 g/mol. The van der Waals surface area contributed by atoms with Gasteiger partial charge in [-0.05, 0) is 36.8 Å². The van der Waals surface area contributed by atoms with Crippen LogP contribution in [0.2, 0.25) is 0 Å². The van der Waals surface area contributed by atoms with E-state index in [1.54, 1.807) is 43.3 Å². The molecule has 0 aliphatic rings. The average Bonchev–Trinajstić information content (AvgIpc) is 2.96. The standard InChI is InChI=1S/C29H26N4O6/c1-19(20-8-4-2-5-9-20)39-29(37)33-26-25(30-16-17-31-26)21-12-14-22(15-13-21)27(34)32-24(28(35)36)18-38-23-10-6-3-7-11-23/h2-17,19,24H,18H2,1H3,(H,32,34)(H,35,36)(H,31,33,37). The van der Waals surface area contributed by atoms with E-state index in [1.165, 1.54) is 24.5 Å². The topological polar surface area (TPSA) is 140 Å². The first-order valence-electron chi connectivity index (χ1n) is 12.1. The molecule has 0 aliphatic heterocycles. The van der Waals surface area contributed by atoms with Crippen molar-refractivity contribution in [1.29, 1.82) is 0 Å². The van der Waals surface area contributed by atoms with Crippen LogP contribution in [-0.2, 0) is 9.53 Å². The van der Waals surface area contributed by atoms with Crippen molar-refractivity contribution in [2.75, 3.05) is 11.9 Å². The lowest BCUT2D eigenvalue weighted by Gasteiger charge is -2.16. The Kier molecular flexibility index (Phi) is 8.81. The third-order valence-electron chi connectivity index (χ3n) is 5.66. The largest absolute Gasteiger partial charge is 0.491 e. The Hall–Kier alpha value is -5.25. The van der Waals surface area contributed by atoms with E-state index in [0.29, 0.717) is 17.0 Å². The van der Waals surface area contributed by atoms with Gasteiger partial charge in [-0.15, -0.1) is 0 Å². The summed E-state index contributed by atoms with van der Waals surface area (Å²) >= 11 is 0. The Labute approximate surface area is 224 Å². The number of ether oxygens (including phenoxy) is 2. The molecule has 2 atom stereocenters. The second kappa shape index (κ2) is 12.8. The Morgan fingerprint density at radius 3 is 2.18 bits per heavy atom. The Balaban J connectivity index is 1.40. The van der Waals surface area contributed by atoms with Gasteiger partial charge in [0, 0.05) is 23.5 Å². The second-order valence-electron chi connectivity index (χ2n) is 8.40. The zero-order valence-corrected chi connectivity index (χ0v) is 21.0. The normalized spacial score (nSPS) is 12.0. The Morgan fingerprint density at radius 2 is 1.51 bits per heavy atom. The molecule has 4 aromatic rings. The van der Waals surface area contributed by atoms with E-state index in [4.69, 9.17) is 9.47 Å². The molecule has 0 bridgehead atoms. The minimum Gasteiger partial charge on any atom is -0.491 e. The summed E-state index contributed by atoms with van der Waals surface area (Å²) < 4.78 is 10.9. The van der Waals surface area contributed by atoms with Gasteiger partial charge in [0.25, 0.3) is 5.91 Å². The number of nitrogens with zero attached hydrogens (tertiary/aromatic N) is 2. The SMILES string of the molecule is CC(OC(=O)Nc1nccnc1-c1ccc(C(=O)NC(COc2ccccc2)C(=O)O)cc1)c1ccccc1. The average molecular weight is 527 g/mol. The van der Waals surface area contributed by atoms with Gasteiger partial charge < -0.3 is 19.9 Å². The van der Waals surface area contributed by atoms with Crippen molar-refractivity contribution in [2.24, 2.45) is 0 Å². The van der Waals surface area contributed by atoms with Crippen molar-refractivity contribution < 1.29 is 29.0 Å². The number of hydrogen-bond acceptors (Lipinski definition) is 7. The van der Waals surface area contributed by atoms with Crippen LogP contribution >= 0.6 is 0 Å². The lowest BCUT2D eigenvalue weighted by atomic mass is 10.1. The molecule has 2 amide bonds. The number of carbonyl (C=O) groups excluding carboxylic acids is 2. The lowest BCUT2D eigenvalue weighted by molar-refractivity contribution is -0.140. The Bertz CT molecular complexity index is 1410. The van der Waals surface area contributed by atoms with Crippen molar-refractivity contribution in [2.45, 2.75) is 19.1 Å². The van der Waals surface area contributed by atoms with Crippen LogP contribution in [0.3, 0.4) is 0 Å². The quantitative estimate of drug-likeness (QED) is 0.270. The van der Waals surface area contributed by atoms with Gasteiger partial charge in [0.05, 0.1) is 0 Å². The van der Waals surface area contributed by atoms with Gasteiger partial charge in [-0.3, -0.25) is 15.1 Å². The number of hydrogen-bond donors (Lipinski definition) is 3. The highest BCUT2D eigenvalue weighted by atomic mass is 16.6. The molecular weight excluding hydrogens is 500 g/mol. The van der Waals surface area contributed by atoms with Crippen molar-refractivity contribution in [3.63, 3.8) is 0 Å². The number of carbonyl (C=O) groups is 3. The number of nitrogens with one attached hydrogen (secondary N) is 2. The minimum absolute atomic E-state index is 0.184. The molecule has 0 saturated heterocycles. The molecule has 1 heterocycles. The maximum absolute atomic E-state index is 12.7. The molecule has 0 spiro atoms. The fourth-order valence-corrected chi connectivity index (χ4v) is 3.61. The molecule has 1 aromatic heterocycles. The number of rotatable bonds is 10. The van der Waals surface area contributed by atoms with Crippen LogP contribution in [0, 0.1) is 0 Å². The van der Waals surface area contributed by atoms with Crippen molar-refractivity contribution in [3.8, 4) is 17.0 Å².